The summed E-state index contributed by atoms with van der Waals surface area (Å²) in [6.07, 6.45) is 0. The van der Waals surface area contributed by atoms with Crippen LogP contribution < -0.4 is 11.1 Å². The molecule has 0 heterocycles. The maximum absolute atomic E-state index is 10.6. The number of anilines is 2. The van der Waals surface area contributed by atoms with Crippen LogP contribution in [0.1, 0.15) is 0 Å². The lowest BCUT2D eigenvalue weighted by atomic mass is 10.3. The first kappa shape index (κ1) is 14.8. The number of rotatable bonds is 8. The summed E-state index contributed by atoms with van der Waals surface area (Å²) in [6.45, 7) is 0.179. The maximum Gasteiger partial charge on any atom is 0.317 e. The molecule has 7 heteroatoms. The molecule has 0 atom stereocenters. The molecule has 0 unspecified atom stereocenters. The third-order valence-corrected chi connectivity index (χ3v) is 2.39. The van der Waals surface area contributed by atoms with Crippen molar-refractivity contribution in [1.82, 2.24) is 4.90 Å². The van der Waals surface area contributed by atoms with Crippen LogP contribution in [-0.2, 0) is 9.59 Å². The maximum atomic E-state index is 10.6. The van der Waals surface area contributed by atoms with Crippen molar-refractivity contribution in [3.05, 3.63) is 24.3 Å². The molecule has 0 amide bonds. The molecule has 1 aromatic rings. The fourth-order valence-electron chi connectivity index (χ4n) is 1.56. The second kappa shape index (κ2) is 7.22. The number of benzene rings is 1. The number of nitrogens with two attached hydrogens (primary N) is 1. The summed E-state index contributed by atoms with van der Waals surface area (Å²) in [5, 5.41) is 20.4. The molecule has 0 bridgehead atoms. The SMILES string of the molecule is Nc1ccc(NCCN(CC(=O)O)CC(=O)O)cc1. The van der Waals surface area contributed by atoms with E-state index < -0.39 is 11.9 Å². The number of carboxylic acids is 2. The van der Waals surface area contributed by atoms with E-state index >= 15 is 0 Å². The molecule has 0 saturated carbocycles. The lowest BCUT2D eigenvalue weighted by Gasteiger charge is -2.18. The molecular weight excluding hydrogens is 250 g/mol. The summed E-state index contributed by atoms with van der Waals surface area (Å²) in [7, 11) is 0. The fourth-order valence-corrected chi connectivity index (χ4v) is 1.56. The van der Waals surface area contributed by atoms with Gasteiger partial charge in [-0.15, -0.1) is 0 Å². The summed E-state index contributed by atoms with van der Waals surface area (Å²) < 4.78 is 0. The smallest absolute Gasteiger partial charge is 0.317 e. The summed E-state index contributed by atoms with van der Waals surface area (Å²) >= 11 is 0. The topological polar surface area (TPSA) is 116 Å². The molecule has 5 N–H and O–H groups in total. The van der Waals surface area contributed by atoms with Crippen molar-refractivity contribution in [2.24, 2.45) is 0 Å². The van der Waals surface area contributed by atoms with Gasteiger partial charge in [0.2, 0.25) is 0 Å². The summed E-state index contributed by atoms with van der Waals surface area (Å²) in [5.41, 5.74) is 7.05. The lowest BCUT2D eigenvalue weighted by molar-refractivity contribution is -0.141. The molecule has 0 fully saturated rings. The Morgan fingerprint density at radius 1 is 1.11 bits per heavy atom. The van der Waals surface area contributed by atoms with Crippen molar-refractivity contribution in [3.63, 3.8) is 0 Å². The highest BCUT2D eigenvalue weighted by Gasteiger charge is 2.12. The highest BCUT2D eigenvalue weighted by atomic mass is 16.4. The number of nitrogens with one attached hydrogen (secondary N) is 1. The van der Waals surface area contributed by atoms with E-state index in [2.05, 4.69) is 5.32 Å². The van der Waals surface area contributed by atoms with Gasteiger partial charge in [-0.1, -0.05) is 0 Å². The van der Waals surface area contributed by atoms with E-state index in [9.17, 15) is 9.59 Å². The molecule has 0 aliphatic carbocycles. The number of aliphatic carboxylic acids is 2. The average Bonchev–Trinajstić information content (AvgIpc) is 2.30. The van der Waals surface area contributed by atoms with Crippen LogP contribution in [0.4, 0.5) is 11.4 Å². The minimum absolute atomic E-state index is 0.296. The Labute approximate surface area is 110 Å². The van der Waals surface area contributed by atoms with E-state index in [0.717, 1.165) is 5.69 Å². The summed E-state index contributed by atoms with van der Waals surface area (Å²) in [4.78, 5) is 22.5. The van der Waals surface area contributed by atoms with Crippen LogP contribution in [0.25, 0.3) is 0 Å². The van der Waals surface area contributed by atoms with Gasteiger partial charge in [0.25, 0.3) is 0 Å². The number of carboxylic acid groups (broad SMARTS) is 2. The Kier molecular flexibility index (Phi) is 5.62. The van der Waals surface area contributed by atoms with Crippen LogP contribution in [0.3, 0.4) is 0 Å². The second-order valence-electron chi connectivity index (χ2n) is 4.05. The predicted octanol–water partition coefficient (Wildman–Crippen LogP) is 0.152. The van der Waals surface area contributed by atoms with Gasteiger partial charge < -0.3 is 21.3 Å². The van der Waals surface area contributed by atoms with Crippen LogP contribution in [0.5, 0.6) is 0 Å². The first-order valence-electron chi connectivity index (χ1n) is 5.72. The molecule has 0 aromatic heterocycles. The van der Waals surface area contributed by atoms with Crippen molar-refractivity contribution < 1.29 is 19.8 Å². The number of nitrogen functional groups attached to an aromatic ring is 1. The molecule has 0 aliphatic rings. The van der Waals surface area contributed by atoms with E-state index in [0.29, 0.717) is 18.8 Å². The van der Waals surface area contributed by atoms with Gasteiger partial charge in [-0.2, -0.15) is 0 Å². The van der Waals surface area contributed by atoms with Crippen molar-refractivity contribution >= 4 is 23.3 Å². The van der Waals surface area contributed by atoms with Gasteiger partial charge in [0.15, 0.2) is 0 Å². The quantitative estimate of drug-likeness (QED) is 0.495. The molecule has 0 saturated heterocycles. The van der Waals surface area contributed by atoms with Crippen molar-refractivity contribution in [2.75, 3.05) is 37.2 Å². The van der Waals surface area contributed by atoms with Gasteiger partial charge in [-0.05, 0) is 24.3 Å². The molecule has 1 rings (SSSR count). The van der Waals surface area contributed by atoms with Gasteiger partial charge in [-0.3, -0.25) is 14.5 Å². The standard InChI is InChI=1S/C12H17N3O4/c13-9-1-3-10(4-2-9)14-5-6-15(7-11(16)17)8-12(18)19/h1-4,14H,5-8,13H2,(H,16,17)(H,18,19). The molecular formula is C12H17N3O4. The van der Waals surface area contributed by atoms with Crippen LogP contribution in [0.2, 0.25) is 0 Å². The second-order valence-corrected chi connectivity index (χ2v) is 4.05. The molecule has 104 valence electrons. The van der Waals surface area contributed by atoms with Gasteiger partial charge in [0, 0.05) is 24.5 Å². The van der Waals surface area contributed by atoms with Crippen molar-refractivity contribution in [1.29, 1.82) is 0 Å². The Balaban J connectivity index is 2.40. The number of carbonyl (C=O) groups is 2. The van der Waals surface area contributed by atoms with Crippen LogP contribution in [0.15, 0.2) is 24.3 Å². The van der Waals surface area contributed by atoms with Gasteiger partial charge in [-0.25, -0.2) is 0 Å². The van der Waals surface area contributed by atoms with E-state index in [1.807, 2.05) is 0 Å². The fraction of sp³-hybridized carbons (Fsp3) is 0.333. The molecule has 0 radical (unpaired) electrons. The lowest BCUT2D eigenvalue weighted by Crippen LogP contribution is -2.37. The Morgan fingerprint density at radius 3 is 2.11 bits per heavy atom. The monoisotopic (exact) mass is 267 g/mol. The van der Waals surface area contributed by atoms with Crippen LogP contribution in [-0.4, -0.2) is 53.2 Å². The van der Waals surface area contributed by atoms with Crippen molar-refractivity contribution in [2.45, 2.75) is 0 Å². The molecule has 1 aromatic carbocycles. The summed E-state index contributed by atoms with van der Waals surface area (Å²) in [5.74, 6) is -2.09. The van der Waals surface area contributed by atoms with Gasteiger partial charge >= 0.3 is 11.9 Å². The third-order valence-electron chi connectivity index (χ3n) is 2.39. The highest BCUT2D eigenvalue weighted by molar-refractivity contribution is 5.72. The first-order chi connectivity index (χ1) is 8.97. The van der Waals surface area contributed by atoms with Gasteiger partial charge in [0.1, 0.15) is 0 Å². The summed E-state index contributed by atoms with van der Waals surface area (Å²) in [6, 6.07) is 7.09. The highest BCUT2D eigenvalue weighted by Crippen LogP contribution is 2.09. The van der Waals surface area contributed by atoms with E-state index in [1.54, 1.807) is 24.3 Å². The van der Waals surface area contributed by atoms with Gasteiger partial charge in [0.05, 0.1) is 13.1 Å². The molecule has 0 aliphatic heterocycles. The average molecular weight is 267 g/mol. The zero-order valence-electron chi connectivity index (χ0n) is 10.4. The largest absolute Gasteiger partial charge is 0.480 e. The predicted molar refractivity (Wildman–Crippen MR) is 71.1 cm³/mol. The van der Waals surface area contributed by atoms with E-state index in [-0.39, 0.29) is 13.1 Å². The Hall–Kier alpha value is -2.28. The normalized spacial score (nSPS) is 10.4. The van der Waals surface area contributed by atoms with E-state index in [1.165, 1.54) is 4.90 Å². The number of hydrogen-bond acceptors (Lipinski definition) is 5. The minimum Gasteiger partial charge on any atom is -0.480 e. The Morgan fingerprint density at radius 2 is 1.63 bits per heavy atom. The van der Waals surface area contributed by atoms with Crippen molar-refractivity contribution in [3.8, 4) is 0 Å². The Bertz CT molecular complexity index is 417. The number of nitrogens with zero attached hydrogens (tertiary/aromatic N) is 1. The molecule has 0 spiro atoms. The first-order valence-corrected chi connectivity index (χ1v) is 5.72. The molecule has 19 heavy (non-hydrogen) atoms. The van der Waals surface area contributed by atoms with Crippen LogP contribution in [0, 0.1) is 0 Å². The zero-order valence-corrected chi connectivity index (χ0v) is 10.4. The zero-order chi connectivity index (χ0) is 14.3. The molecule has 7 nitrogen and oxygen atoms in total. The minimum atomic E-state index is -1.05. The number of hydrogen-bond donors (Lipinski definition) is 4. The van der Waals surface area contributed by atoms with E-state index in [4.69, 9.17) is 15.9 Å². The third kappa shape index (κ3) is 6.27. The van der Waals surface area contributed by atoms with Crippen LogP contribution >= 0.6 is 0 Å².